The molecule has 0 saturated carbocycles. The first kappa shape index (κ1) is 11.7. The van der Waals surface area contributed by atoms with E-state index in [0.717, 1.165) is 22.7 Å². The van der Waals surface area contributed by atoms with E-state index >= 15 is 0 Å². The standard InChI is InChI=1S/C13H11ClIN/c14-13-6-3-11(15)8-10(13)7-9-1-4-12(16)5-2-9/h1-6,8H,7,16H2. The lowest BCUT2D eigenvalue weighted by atomic mass is 10.0. The smallest absolute Gasteiger partial charge is 0.0442 e. The topological polar surface area (TPSA) is 26.0 Å². The summed E-state index contributed by atoms with van der Waals surface area (Å²) < 4.78 is 1.20. The lowest BCUT2D eigenvalue weighted by molar-refractivity contribution is 1.19. The predicted molar refractivity (Wildman–Crippen MR) is 77.8 cm³/mol. The highest BCUT2D eigenvalue weighted by Gasteiger charge is 2.02. The van der Waals surface area contributed by atoms with E-state index in [-0.39, 0.29) is 0 Å². The fourth-order valence-electron chi connectivity index (χ4n) is 1.53. The van der Waals surface area contributed by atoms with Crippen LogP contribution in [0.4, 0.5) is 5.69 Å². The lowest BCUT2D eigenvalue weighted by Crippen LogP contribution is -1.91. The maximum absolute atomic E-state index is 6.15. The Morgan fingerprint density at radius 2 is 1.75 bits per heavy atom. The molecular weight excluding hydrogens is 333 g/mol. The largest absolute Gasteiger partial charge is 0.399 e. The minimum atomic E-state index is 0.789. The van der Waals surface area contributed by atoms with Crippen LogP contribution in [0.3, 0.4) is 0 Å². The third-order valence-electron chi connectivity index (χ3n) is 2.38. The Labute approximate surface area is 114 Å². The molecule has 2 aromatic carbocycles. The van der Waals surface area contributed by atoms with Crippen LogP contribution >= 0.6 is 34.2 Å². The third-order valence-corrected chi connectivity index (χ3v) is 3.42. The monoisotopic (exact) mass is 343 g/mol. The van der Waals surface area contributed by atoms with Crippen molar-refractivity contribution < 1.29 is 0 Å². The van der Waals surface area contributed by atoms with Crippen LogP contribution < -0.4 is 5.73 Å². The van der Waals surface area contributed by atoms with Crippen LogP contribution in [0.25, 0.3) is 0 Å². The van der Waals surface area contributed by atoms with Crippen LogP contribution in [0.1, 0.15) is 11.1 Å². The summed E-state index contributed by atoms with van der Waals surface area (Å²) in [6.07, 6.45) is 0.843. The van der Waals surface area contributed by atoms with Gasteiger partial charge in [-0.1, -0.05) is 23.7 Å². The van der Waals surface area contributed by atoms with Gasteiger partial charge in [0.25, 0.3) is 0 Å². The predicted octanol–water partition coefficient (Wildman–Crippen LogP) is 4.12. The van der Waals surface area contributed by atoms with E-state index in [9.17, 15) is 0 Å². The average Bonchev–Trinajstić information content (AvgIpc) is 2.27. The van der Waals surface area contributed by atoms with E-state index in [0.29, 0.717) is 0 Å². The molecule has 3 heteroatoms. The number of anilines is 1. The molecule has 0 fully saturated rings. The van der Waals surface area contributed by atoms with E-state index in [2.05, 4.69) is 28.7 Å². The van der Waals surface area contributed by atoms with Crippen LogP contribution in [0.15, 0.2) is 42.5 Å². The number of rotatable bonds is 2. The van der Waals surface area contributed by atoms with Crippen molar-refractivity contribution in [2.45, 2.75) is 6.42 Å². The Morgan fingerprint density at radius 1 is 1.06 bits per heavy atom. The molecule has 1 nitrogen and oxygen atoms in total. The minimum absolute atomic E-state index is 0.789. The van der Waals surface area contributed by atoms with E-state index in [1.807, 2.05) is 36.4 Å². The van der Waals surface area contributed by atoms with Crippen molar-refractivity contribution in [3.8, 4) is 0 Å². The molecule has 2 aromatic rings. The first-order chi connectivity index (χ1) is 7.65. The van der Waals surface area contributed by atoms with Crippen molar-refractivity contribution in [3.05, 3.63) is 62.2 Å². The van der Waals surface area contributed by atoms with Crippen molar-refractivity contribution in [1.82, 2.24) is 0 Å². The molecule has 0 aliphatic rings. The zero-order chi connectivity index (χ0) is 11.5. The fourth-order valence-corrected chi connectivity index (χ4v) is 2.27. The number of nitrogen functional groups attached to an aromatic ring is 1. The molecule has 0 heterocycles. The molecule has 0 saturated heterocycles. The van der Waals surface area contributed by atoms with Crippen LogP contribution in [-0.4, -0.2) is 0 Å². The molecule has 0 aromatic heterocycles. The Hall–Kier alpha value is -0.740. The van der Waals surface area contributed by atoms with Crippen LogP contribution in [0.5, 0.6) is 0 Å². The highest BCUT2D eigenvalue weighted by atomic mass is 127. The van der Waals surface area contributed by atoms with Gasteiger partial charge in [-0.2, -0.15) is 0 Å². The summed E-state index contributed by atoms with van der Waals surface area (Å²) in [6.45, 7) is 0. The molecule has 16 heavy (non-hydrogen) atoms. The van der Waals surface area contributed by atoms with Crippen LogP contribution in [0, 0.1) is 3.57 Å². The van der Waals surface area contributed by atoms with Crippen molar-refractivity contribution in [1.29, 1.82) is 0 Å². The van der Waals surface area contributed by atoms with E-state index < -0.39 is 0 Å². The van der Waals surface area contributed by atoms with Crippen LogP contribution in [0.2, 0.25) is 5.02 Å². The summed E-state index contributed by atoms with van der Waals surface area (Å²) in [6, 6.07) is 14.0. The second-order valence-corrected chi connectivity index (χ2v) is 5.31. The van der Waals surface area contributed by atoms with Crippen molar-refractivity contribution in [2.24, 2.45) is 0 Å². The van der Waals surface area contributed by atoms with Gasteiger partial charge in [-0.25, -0.2) is 0 Å². The maximum Gasteiger partial charge on any atom is 0.0442 e. The fraction of sp³-hybridized carbons (Fsp3) is 0.0769. The third kappa shape index (κ3) is 2.89. The Kier molecular flexibility index (Phi) is 3.71. The van der Waals surface area contributed by atoms with Gasteiger partial charge in [0.05, 0.1) is 0 Å². The second-order valence-electron chi connectivity index (χ2n) is 3.65. The molecule has 0 unspecified atom stereocenters. The summed E-state index contributed by atoms with van der Waals surface area (Å²) in [4.78, 5) is 0. The number of halogens is 2. The molecule has 2 rings (SSSR count). The van der Waals surface area contributed by atoms with Gasteiger partial charge in [-0.3, -0.25) is 0 Å². The second kappa shape index (κ2) is 5.06. The average molecular weight is 344 g/mol. The Balaban J connectivity index is 2.26. The van der Waals surface area contributed by atoms with E-state index in [1.165, 1.54) is 9.13 Å². The van der Waals surface area contributed by atoms with Gasteiger partial charge in [0.1, 0.15) is 0 Å². The first-order valence-electron chi connectivity index (χ1n) is 4.93. The number of hydrogen-bond acceptors (Lipinski definition) is 1. The van der Waals surface area contributed by atoms with Crippen molar-refractivity contribution >= 4 is 39.9 Å². The highest BCUT2D eigenvalue weighted by molar-refractivity contribution is 14.1. The lowest BCUT2D eigenvalue weighted by Gasteiger charge is -2.05. The highest BCUT2D eigenvalue weighted by Crippen LogP contribution is 2.22. The zero-order valence-corrected chi connectivity index (χ0v) is 11.5. The summed E-state index contributed by atoms with van der Waals surface area (Å²) in [5, 5.41) is 0.817. The van der Waals surface area contributed by atoms with Gasteiger partial charge in [-0.15, -0.1) is 0 Å². The van der Waals surface area contributed by atoms with Gasteiger partial charge in [-0.05, 0) is 70.5 Å². The van der Waals surface area contributed by atoms with Gasteiger partial charge >= 0.3 is 0 Å². The number of hydrogen-bond donors (Lipinski definition) is 1. The molecule has 2 N–H and O–H groups in total. The minimum Gasteiger partial charge on any atom is -0.399 e. The molecular formula is C13H11ClIN. The zero-order valence-electron chi connectivity index (χ0n) is 8.58. The maximum atomic E-state index is 6.15. The molecule has 82 valence electrons. The van der Waals surface area contributed by atoms with Gasteiger partial charge in [0.15, 0.2) is 0 Å². The van der Waals surface area contributed by atoms with E-state index in [4.69, 9.17) is 17.3 Å². The van der Waals surface area contributed by atoms with Gasteiger partial charge in [0, 0.05) is 14.3 Å². The Morgan fingerprint density at radius 3 is 2.44 bits per heavy atom. The Bertz CT molecular complexity index is 494. The molecule has 0 amide bonds. The molecule has 0 spiro atoms. The quantitative estimate of drug-likeness (QED) is 0.644. The van der Waals surface area contributed by atoms with Gasteiger partial charge < -0.3 is 5.73 Å². The molecule has 0 bridgehead atoms. The normalized spacial score (nSPS) is 10.4. The summed E-state index contributed by atoms with van der Waals surface area (Å²) in [5.41, 5.74) is 8.81. The molecule has 0 aliphatic carbocycles. The number of nitrogens with two attached hydrogens (primary N) is 1. The summed E-state index contributed by atoms with van der Waals surface area (Å²) in [7, 11) is 0. The number of benzene rings is 2. The van der Waals surface area contributed by atoms with E-state index in [1.54, 1.807) is 0 Å². The molecule has 0 aliphatic heterocycles. The van der Waals surface area contributed by atoms with Crippen molar-refractivity contribution in [2.75, 3.05) is 5.73 Å². The van der Waals surface area contributed by atoms with Crippen LogP contribution in [-0.2, 0) is 6.42 Å². The van der Waals surface area contributed by atoms with Crippen molar-refractivity contribution in [3.63, 3.8) is 0 Å². The summed E-state index contributed by atoms with van der Waals surface area (Å²) >= 11 is 8.44. The van der Waals surface area contributed by atoms with Gasteiger partial charge in [0.2, 0.25) is 0 Å². The molecule has 0 atom stereocenters. The molecule has 0 radical (unpaired) electrons. The first-order valence-corrected chi connectivity index (χ1v) is 6.39. The summed E-state index contributed by atoms with van der Waals surface area (Å²) in [5.74, 6) is 0. The SMILES string of the molecule is Nc1ccc(Cc2cc(I)ccc2Cl)cc1.